The molecule has 1 spiro atoms. The maximum atomic E-state index is 13.0. The number of carbonyl (C=O) groups excluding carboxylic acids is 2. The fraction of sp³-hybridized carbons (Fsp3) is 0.476. The molecular formula is C21H25N5O3. The maximum absolute atomic E-state index is 13.0. The topological polar surface area (TPSA) is 97.3 Å². The summed E-state index contributed by atoms with van der Waals surface area (Å²) >= 11 is 0. The van der Waals surface area contributed by atoms with Crippen LogP contribution in [0.4, 0.5) is 10.7 Å². The third-order valence-corrected chi connectivity index (χ3v) is 5.24. The Morgan fingerprint density at radius 2 is 2.03 bits per heavy atom. The van der Waals surface area contributed by atoms with Crippen molar-refractivity contribution in [2.45, 2.75) is 51.7 Å². The van der Waals surface area contributed by atoms with Gasteiger partial charge in [0.2, 0.25) is 11.9 Å². The van der Waals surface area contributed by atoms with Crippen LogP contribution in [0.15, 0.2) is 36.8 Å². The van der Waals surface area contributed by atoms with Gasteiger partial charge in [0.05, 0.1) is 5.69 Å². The average molecular weight is 395 g/mol. The molecule has 8 heteroatoms. The minimum Gasteiger partial charge on any atom is -0.444 e. The van der Waals surface area contributed by atoms with Gasteiger partial charge in [-0.2, -0.15) is 0 Å². The van der Waals surface area contributed by atoms with Crippen LogP contribution in [0.25, 0.3) is 11.3 Å². The first-order valence-electron chi connectivity index (χ1n) is 9.79. The van der Waals surface area contributed by atoms with Crippen LogP contribution >= 0.6 is 0 Å². The Balaban J connectivity index is 1.50. The minimum absolute atomic E-state index is 0.0529. The van der Waals surface area contributed by atoms with E-state index in [9.17, 15) is 9.59 Å². The lowest BCUT2D eigenvalue weighted by Gasteiger charge is -2.27. The third-order valence-electron chi connectivity index (χ3n) is 5.24. The van der Waals surface area contributed by atoms with Crippen molar-refractivity contribution in [1.82, 2.24) is 19.9 Å². The van der Waals surface area contributed by atoms with E-state index >= 15 is 0 Å². The lowest BCUT2D eigenvalue weighted by Crippen LogP contribution is -2.45. The fourth-order valence-electron chi connectivity index (χ4n) is 3.63. The van der Waals surface area contributed by atoms with Crippen LogP contribution in [0.2, 0.25) is 0 Å². The highest BCUT2D eigenvalue weighted by molar-refractivity contribution is 5.96. The molecule has 2 aromatic rings. The summed E-state index contributed by atoms with van der Waals surface area (Å²) in [5.41, 5.74) is 0.937. The largest absolute Gasteiger partial charge is 0.444 e. The minimum atomic E-state index is -0.613. The van der Waals surface area contributed by atoms with Crippen LogP contribution in [0.3, 0.4) is 0 Å². The molecule has 29 heavy (non-hydrogen) atoms. The second kappa shape index (κ2) is 7.09. The van der Waals surface area contributed by atoms with Gasteiger partial charge in [0, 0.05) is 30.7 Å². The van der Waals surface area contributed by atoms with Crippen LogP contribution < -0.4 is 5.32 Å². The summed E-state index contributed by atoms with van der Waals surface area (Å²) in [5, 5.41) is 2.78. The normalized spacial score (nSPS) is 19.8. The molecule has 0 radical (unpaired) electrons. The molecule has 1 atom stereocenters. The Labute approximate surface area is 169 Å². The van der Waals surface area contributed by atoms with Crippen molar-refractivity contribution >= 4 is 17.9 Å². The monoisotopic (exact) mass is 395 g/mol. The molecule has 152 valence electrons. The van der Waals surface area contributed by atoms with Crippen molar-refractivity contribution < 1.29 is 14.3 Å². The maximum Gasteiger partial charge on any atom is 0.410 e. The van der Waals surface area contributed by atoms with E-state index in [0.717, 1.165) is 18.4 Å². The molecule has 2 amide bonds. The van der Waals surface area contributed by atoms with Gasteiger partial charge in [-0.15, -0.1) is 0 Å². The molecule has 4 rings (SSSR count). The van der Waals surface area contributed by atoms with Crippen LogP contribution in [0.5, 0.6) is 0 Å². The van der Waals surface area contributed by atoms with E-state index in [0.29, 0.717) is 18.7 Å². The molecule has 0 aromatic carbocycles. The number of rotatable bonds is 3. The number of nitrogens with one attached hydrogen (secondary N) is 1. The van der Waals surface area contributed by atoms with Crippen LogP contribution in [-0.2, 0) is 9.53 Å². The quantitative estimate of drug-likeness (QED) is 0.857. The summed E-state index contributed by atoms with van der Waals surface area (Å²) in [6.45, 7) is 6.01. The molecule has 2 fully saturated rings. The van der Waals surface area contributed by atoms with Gasteiger partial charge >= 0.3 is 6.09 Å². The molecule has 1 aliphatic carbocycles. The van der Waals surface area contributed by atoms with Gasteiger partial charge in [-0.1, -0.05) is 0 Å². The Hall–Kier alpha value is -3.03. The molecular weight excluding hydrogens is 370 g/mol. The van der Waals surface area contributed by atoms with E-state index in [1.54, 1.807) is 29.6 Å². The fourth-order valence-corrected chi connectivity index (χ4v) is 3.63. The summed E-state index contributed by atoms with van der Waals surface area (Å²) in [4.78, 5) is 39.9. The molecule has 1 unspecified atom stereocenters. The first-order chi connectivity index (χ1) is 13.7. The van der Waals surface area contributed by atoms with Gasteiger partial charge < -0.3 is 4.74 Å². The van der Waals surface area contributed by atoms with E-state index in [4.69, 9.17) is 4.74 Å². The Morgan fingerprint density at radius 1 is 1.24 bits per heavy atom. The summed E-state index contributed by atoms with van der Waals surface area (Å²) < 4.78 is 5.52. The van der Waals surface area contributed by atoms with Crippen molar-refractivity contribution in [1.29, 1.82) is 0 Å². The van der Waals surface area contributed by atoms with Crippen LogP contribution in [0.1, 0.15) is 40.0 Å². The number of pyridine rings is 1. The van der Waals surface area contributed by atoms with Gasteiger partial charge in [-0.05, 0) is 63.6 Å². The van der Waals surface area contributed by atoms with E-state index in [2.05, 4.69) is 20.3 Å². The number of amides is 2. The van der Waals surface area contributed by atoms with Crippen molar-refractivity contribution in [2.24, 2.45) is 5.41 Å². The summed E-state index contributed by atoms with van der Waals surface area (Å²) in [5.74, 6) is -0.0831. The highest BCUT2D eigenvalue weighted by atomic mass is 16.6. The summed E-state index contributed by atoms with van der Waals surface area (Å²) in [6, 6.07) is 4.88. The zero-order chi connectivity index (χ0) is 20.6. The number of carbonyl (C=O) groups is 2. The number of aromatic nitrogens is 3. The zero-order valence-electron chi connectivity index (χ0n) is 16.9. The molecule has 1 N–H and O–H groups in total. The van der Waals surface area contributed by atoms with Gasteiger partial charge in [0.25, 0.3) is 0 Å². The summed E-state index contributed by atoms with van der Waals surface area (Å²) in [6.07, 6.45) is 7.23. The van der Waals surface area contributed by atoms with Gasteiger partial charge in [0.1, 0.15) is 11.6 Å². The van der Waals surface area contributed by atoms with Crippen molar-refractivity contribution in [3.8, 4) is 11.3 Å². The SMILES string of the molecule is CC(C)(C)OC(=O)N1CC2(CC2)CC1C(=O)Nc1nccc(-c2cccnc2)n1. The first-order valence-corrected chi connectivity index (χ1v) is 9.79. The molecule has 0 bridgehead atoms. The standard InChI is InChI=1S/C21H25N5O3/c1-20(2,3)29-19(28)26-13-21(7-8-21)11-16(26)17(27)25-18-23-10-6-15(24-18)14-5-4-9-22-12-14/h4-6,9-10,12,16H,7-8,11,13H2,1-3H3,(H,23,24,25,27). The Morgan fingerprint density at radius 3 is 2.69 bits per heavy atom. The number of nitrogens with zero attached hydrogens (tertiary/aromatic N) is 4. The zero-order valence-corrected chi connectivity index (χ0v) is 16.9. The van der Waals surface area contributed by atoms with E-state index in [1.165, 1.54) is 0 Å². The summed E-state index contributed by atoms with van der Waals surface area (Å²) in [7, 11) is 0. The molecule has 1 aliphatic heterocycles. The van der Waals surface area contributed by atoms with Crippen molar-refractivity contribution in [3.63, 3.8) is 0 Å². The predicted octanol–water partition coefficient (Wildman–Crippen LogP) is 3.27. The average Bonchev–Trinajstić information content (AvgIpc) is 3.31. The second-order valence-electron chi connectivity index (χ2n) is 8.82. The molecule has 1 saturated heterocycles. The second-order valence-corrected chi connectivity index (χ2v) is 8.82. The number of hydrogen-bond donors (Lipinski definition) is 1. The van der Waals surface area contributed by atoms with Gasteiger partial charge in [-0.3, -0.25) is 20.0 Å². The van der Waals surface area contributed by atoms with E-state index < -0.39 is 17.7 Å². The predicted molar refractivity (Wildman–Crippen MR) is 107 cm³/mol. The van der Waals surface area contributed by atoms with Crippen molar-refractivity contribution in [2.75, 3.05) is 11.9 Å². The molecule has 2 aliphatic rings. The molecule has 1 saturated carbocycles. The van der Waals surface area contributed by atoms with Crippen LogP contribution in [0, 0.1) is 5.41 Å². The lowest BCUT2D eigenvalue weighted by molar-refractivity contribution is -0.120. The third kappa shape index (κ3) is 4.36. The molecule has 2 aromatic heterocycles. The number of likely N-dealkylation sites (tertiary alicyclic amines) is 1. The van der Waals surface area contributed by atoms with Gasteiger partial charge in [0.15, 0.2) is 0 Å². The smallest absolute Gasteiger partial charge is 0.410 e. The number of ether oxygens (including phenoxy) is 1. The Kier molecular flexibility index (Phi) is 4.72. The molecule has 3 heterocycles. The number of hydrogen-bond acceptors (Lipinski definition) is 6. The van der Waals surface area contributed by atoms with Gasteiger partial charge in [-0.25, -0.2) is 14.8 Å². The highest BCUT2D eigenvalue weighted by Crippen LogP contribution is 2.55. The Bertz CT molecular complexity index is 921. The molecule has 8 nitrogen and oxygen atoms in total. The lowest BCUT2D eigenvalue weighted by atomic mass is 10.0. The van der Waals surface area contributed by atoms with Crippen molar-refractivity contribution in [3.05, 3.63) is 36.8 Å². The first kappa shape index (κ1) is 19.3. The van der Waals surface area contributed by atoms with E-state index in [-0.39, 0.29) is 17.3 Å². The van der Waals surface area contributed by atoms with E-state index in [1.807, 2.05) is 32.9 Å². The number of anilines is 1. The highest BCUT2D eigenvalue weighted by Gasteiger charge is 2.56. The van der Waals surface area contributed by atoms with Crippen LogP contribution in [-0.4, -0.2) is 50.0 Å².